The fourth-order valence-electron chi connectivity index (χ4n) is 3.99. The molecular weight excluding hydrogens is 604 g/mol. The van der Waals surface area contributed by atoms with E-state index in [0.29, 0.717) is 38.9 Å². The molecule has 1 saturated heterocycles. The van der Waals surface area contributed by atoms with Crippen molar-refractivity contribution in [2.24, 2.45) is 0 Å². The summed E-state index contributed by atoms with van der Waals surface area (Å²) in [4.78, 5) is 28.8. The first-order chi connectivity index (χ1) is 18.7. The molecule has 10 heteroatoms. The molecule has 0 bridgehead atoms. The standard InChI is InChI=1S/C29H26BrClN2O5S/c1-4-18-7-11-22(12-8-18)33-28(35)24(32(29(33)39)16-26(34)37-3)14-20-13-23(30)27(25(15-20)36-2)38-17-19-5-9-21(31)10-6-19/h5-15H,4,16-17H2,1-3H3/b24-14-. The average molecular weight is 630 g/mol. The lowest BCUT2D eigenvalue weighted by Gasteiger charge is -2.19. The van der Waals surface area contributed by atoms with Crippen LogP contribution in [0.2, 0.25) is 5.02 Å². The molecule has 0 saturated carbocycles. The zero-order chi connectivity index (χ0) is 28.1. The molecule has 0 atom stereocenters. The summed E-state index contributed by atoms with van der Waals surface area (Å²) in [6, 6.07) is 18.5. The Balaban J connectivity index is 1.68. The number of hydrogen-bond acceptors (Lipinski definition) is 6. The quantitative estimate of drug-likeness (QED) is 0.154. The maximum absolute atomic E-state index is 13.6. The minimum absolute atomic E-state index is 0.190. The number of carbonyl (C=O) groups excluding carboxylic acids is 2. The molecule has 0 unspecified atom stereocenters. The van der Waals surface area contributed by atoms with E-state index < -0.39 is 5.97 Å². The van der Waals surface area contributed by atoms with E-state index in [2.05, 4.69) is 22.9 Å². The maximum Gasteiger partial charge on any atom is 0.325 e. The van der Waals surface area contributed by atoms with Gasteiger partial charge >= 0.3 is 5.97 Å². The van der Waals surface area contributed by atoms with Gasteiger partial charge < -0.3 is 19.1 Å². The fourth-order valence-corrected chi connectivity index (χ4v) is 5.04. The fraction of sp³-hybridized carbons (Fsp3) is 0.207. The van der Waals surface area contributed by atoms with E-state index in [9.17, 15) is 9.59 Å². The Bertz CT molecular complexity index is 1430. The highest BCUT2D eigenvalue weighted by molar-refractivity contribution is 9.10. The van der Waals surface area contributed by atoms with Crippen molar-refractivity contribution in [2.45, 2.75) is 20.0 Å². The first kappa shape index (κ1) is 28.6. The zero-order valence-corrected chi connectivity index (χ0v) is 24.7. The molecule has 3 aromatic rings. The predicted molar refractivity (Wildman–Crippen MR) is 159 cm³/mol. The van der Waals surface area contributed by atoms with Crippen LogP contribution in [0, 0.1) is 0 Å². The lowest BCUT2D eigenvalue weighted by Crippen LogP contribution is -2.35. The average Bonchev–Trinajstić information content (AvgIpc) is 3.16. The summed E-state index contributed by atoms with van der Waals surface area (Å²) in [7, 11) is 2.83. The summed E-state index contributed by atoms with van der Waals surface area (Å²) >= 11 is 15.2. The number of methoxy groups -OCH3 is 2. The number of halogens is 2. The third kappa shape index (κ3) is 6.43. The van der Waals surface area contributed by atoms with Gasteiger partial charge in [-0.2, -0.15) is 0 Å². The number of nitrogens with zero attached hydrogens (tertiary/aromatic N) is 2. The highest BCUT2D eigenvalue weighted by Gasteiger charge is 2.40. The first-order valence-corrected chi connectivity index (χ1v) is 13.6. The van der Waals surface area contributed by atoms with Gasteiger partial charge in [0.2, 0.25) is 0 Å². The molecule has 0 aliphatic carbocycles. The van der Waals surface area contributed by atoms with Gasteiger partial charge in [0.05, 0.1) is 24.4 Å². The number of hydrogen-bond donors (Lipinski definition) is 0. The van der Waals surface area contributed by atoms with Crippen molar-refractivity contribution in [3.63, 3.8) is 0 Å². The Morgan fingerprint density at radius 3 is 2.33 bits per heavy atom. The van der Waals surface area contributed by atoms with Crippen molar-refractivity contribution >= 4 is 68.5 Å². The van der Waals surface area contributed by atoms with Crippen molar-refractivity contribution in [1.82, 2.24) is 4.90 Å². The highest BCUT2D eigenvalue weighted by atomic mass is 79.9. The molecule has 4 rings (SSSR count). The molecular formula is C29H26BrClN2O5S. The highest BCUT2D eigenvalue weighted by Crippen LogP contribution is 2.39. The number of rotatable bonds is 9. The smallest absolute Gasteiger partial charge is 0.325 e. The number of anilines is 1. The summed E-state index contributed by atoms with van der Waals surface area (Å²) < 4.78 is 17.1. The molecule has 0 spiro atoms. The van der Waals surface area contributed by atoms with E-state index in [1.165, 1.54) is 24.0 Å². The SMILES string of the molecule is CCc1ccc(N2C(=O)/C(=C/c3cc(Br)c(OCc4ccc(Cl)cc4)c(OC)c3)N(CC(=O)OC)C2=S)cc1. The van der Waals surface area contributed by atoms with E-state index in [1.807, 2.05) is 36.4 Å². The van der Waals surface area contributed by atoms with Gasteiger partial charge in [-0.05, 0) is 93.7 Å². The van der Waals surface area contributed by atoms with Crippen LogP contribution in [0.5, 0.6) is 11.5 Å². The van der Waals surface area contributed by atoms with Crippen LogP contribution in [0.4, 0.5) is 5.69 Å². The van der Waals surface area contributed by atoms with Gasteiger partial charge in [0, 0.05) is 5.02 Å². The first-order valence-electron chi connectivity index (χ1n) is 12.0. The Morgan fingerprint density at radius 2 is 1.72 bits per heavy atom. The lowest BCUT2D eigenvalue weighted by atomic mass is 10.1. The summed E-state index contributed by atoms with van der Waals surface area (Å²) in [5, 5.41) is 0.837. The normalized spacial score (nSPS) is 14.2. The number of amides is 1. The second-order valence-electron chi connectivity index (χ2n) is 8.58. The van der Waals surface area contributed by atoms with E-state index in [4.69, 9.17) is 38.0 Å². The number of thiocarbonyl (C=S) groups is 1. The lowest BCUT2D eigenvalue weighted by molar-refractivity contribution is -0.140. The number of carbonyl (C=O) groups is 2. The summed E-state index contributed by atoms with van der Waals surface area (Å²) in [6.07, 6.45) is 2.53. The molecule has 39 heavy (non-hydrogen) atoms. The zero-order valence-electron chi connectivity index (χ0n) is 21.6. The molecule has 1 amide bonds. The molecule has 1 aliphatic rings. The van der Waals surface area contributed by atoms with E-state index >= 15 is 0 Å². The minimum atomic E-state index is -0.524. The van der Waals surface area contributed by atoms with Crippen molar-refractivity contribution < 1.29 is 23.8 Å². The topological polar surface area (TPSA) is 68.3 Å². The second-order valence-corrected chi connectivity index (χ2v) is 10.2. The van der Waals surface area contributed by atoms with Gasteiger partial charge in [-0.15, -0.1) is 0 Å². The maximum atomic E-state index is 13.6. The van der Waals surface area contributed by atoms with Crippen molar-refractivity contribution in [1.29, 1.82) is 0 Å². The van der Waals surface area contributed by atoms with Crippen molar-refractivity contribution in [2.75, 3.05) is 25.7 Å². The summed E-state index contributed by atoms with van der Waals surface area (Å²) in [5.74, 6) is 0.0897. The molecule has 3 aromatic carbocycles. The van der Waals surface area contributed by atoms with Gasteiger partial charge in [0.1, 0.15) is 18.8 Å². The van der Waals surface area contributed by atoms with Crippen LogP contribution in [-0.2, 0) is 27.4 Å². The van der Waals surface area contributed by atoms with Gasteiger partial charge in [-0.3, -0.25) is 14.5 Å². The monoisotopic (exact) mass is 628 g/mol. The third-order valence-electron chi connectivity index (χ3n) is 6.10. The van der Waals surface area contributed by atoms with Gasteiger partial charge in [0.15, 0.2) is 16.6 Å². The van der Waals surface area contributed by atoms with Crippen LogP contribution in [0.25, 0.3) is 6.08 Å². The Labute approximate surface area is 246 Å². The number of benzene rings is 3. The predicted octanol–water partition coefficient (Wildman–Crippen LogP) is 6.40. The molecule has 1 heterocycles. The minimum Gasteiger partial charge on any atom is -0.493 e. The molecule has 7 nitrogen and oxygen atoms in total. The van der Waals surface area contributed by atoms with Gasteiger partial charge in [-0.25, -0.2) is 0 Å². The largest absolute Gasteiger partial charge is 0.493 e. The van der Waals surface area contributed by atoms with Gasteiger partial charge in [0.25, 0.3) is 5.91 Å². The van der Waals surface area contributed by atoms with Crippen LogP contribution in [-0.4, -0.2) is 42.7 Å². The van der Waals surface area contributed by atoms with E-state index in [0.717, 1.165) is 17.5 Å². The number of ether oxygens (including phenoxy) is 3. The number of esters is 1. The van der Waals surface area contributed by atoms with Crippen LogP contribution in [0.1, 0.15) is 23.6 Å². The van der Waals surface area contributed by atoms with Crippen LogP contribution in [0.3, 0.4) is 0 Å². The third-order valence-corrected chi connectivity index (χ3v) is 7.35. The van der Waals surface area contributed by atoms with Crippen LogP contribution < -0.4 is 14.4 Å². The number of aryl methyl sites for hydroxylation is 1. The Kier molecular flexibility index (Phi) is 9.27. The molecule has 0 N–H and O–H groups in total. The molecule has 0 radical (unpaired) electrons. The summed E-state index contributed by atoms with van der Waals surface area (Å²) in [5.41, 5.74) is 3.56. The van der Waals surface area contributed by atoms with Crippen molar-refractivity contribution in [3.8, 4) is 11.5 Å². The molecule has 202 valence electrons. The van der Waals surface area contributed by atoms with Crippen LogP contribution in [0.15, 0.2) is 70.8 Å². The molecule has 1 fully saturated rings. The van der Waals surface area contributed by atoms with E-state index in [-0.39, 0.29) is 23.3 Å². The summed E-state index contributed by atoms with van der Waals surface area (Å²) in [6.45, 7) is 2.15. The second kappa shape index (κ2) is 12.6. The Morgan fingerprint density at radius 1 is 1.05 bits per heavy atom. The molecule has 1 aliphatic heterocycles. The van der Waals surface area contributed by atoms with Crippen LogP contribution >= 0.6 is 39.7 Å². The Hall–Kier alpha value is -3.40. The van der Waals surface area contributed by atoms with Crippen molar-refractivity contribution in [3.05, 3.63) is 92.5 Å². The molecule has 0 aromatic heterocycles. The van der Waals surface area contributed by atoms with E-state index in [1.54, 1.807) is 30.3 Å². The van der Waals surface area contributed by atoms with Gasteiger partial charge in [-0.1, -0.05) is 42.8 Å².